The normalized spacial score (nSPS) is 13.6. The van der Waals surface area contributed by atoms with E-state index in [-0.39, 0.29) is 22.5 Å². The van der Waals surface area contributed by atoms with Gasteiger partial charge in [0.2, 0.25) is 10.0 Å². The zero-order chi connectivity index (χ0) is 13.1. The van der Waals surface area contributed by atoms with Gasteiger partial charge < -0.3 is 5.73 Å². The van der Waals surface area contributed by atoms with Gasteiger partial charge in [0.25, 0.3) is 0 Å². The van der Waals surface area contributed by atoms with E-state index in [1.807, 2.05) is 6.92 Å². The monoisotopic (exact) mass is 340 g/mol. The highest BCUT2D eigenvalue weighted by atomic mass is 79.9. The second kappa shape index (κ2) is 6.15. The maximum Gasteiger partial charge on any atom is 0.242 e. The first kappa shape index (κ1) is 14.9. The molecule has 0 heterocycles. The molecule has 1 aromatic carbocycles. The summed E-state index contributed by atoms with van der Waals surface area (Å²) in [6.07, 6.45) is 0.629. The lowest BCUT2D eigenvalue weighted by atomic mass is 10.2. The average Bonchev–Trinajstić information content (AvgIpc) is 2.25. The van der Waals surface area contributed by atoms with Gasteiger partial charge >= 0.3 is 0 Å². The van der Waals surface area contributed by atoms with Gasteiger partial charge in [-0.1, -0.05) is 34.5 Å². The Labute approximate surface area is 115 Å². The van der Waals surface area contributed by atoms with Gasteiger partial charge in [0, 0.05) is 17.1 Å². The van der Waals surface area contributed by atoms with Gasteiger partial charge in [-0.2, -0.15) is 0 Å². The van der Waals surface area contributed by atoms with Gasteiger partial charge in [0.1, 0.15) is 4.90 Å². The molecule has 96 valence electrons. The fourth-order valence-corrected chi connectivity index (χ4v) is 3.64. The van der Waals surface area contributed by atoms with Crippen molar-refractivity contribution in [3.05, 3.63) is 27.7 Å². The van der Waals surface area contributed by atoms with Crippen molar-refractivity contribution in [1.29, 1.82) is 0 Å². The van der Waals surface area contributed by atoms with Crippen LogP contribution in [0.25, 0.3) is 0 Å². The second-order valence-electron chi connectivity index (χ2n) is 3.54. The molecule has 4 nitrogen and oxygen atoms in total. The molecule has 0 aliphatic carbocycles. The molecule has 0 aromatic heterocycles. The Hall–Kier alpha value is -0.140. The number of hydrogen-bond acceptors (Lipinski definition) is 3. The quantitative estimate of drug-likeness (QED) is 0.861. The molecule has 17 heavy (non-hydrogen) atoms. The van der Waals surface area contributed by atoms with E-state index >= 15 is 0 Å². The summed E-state index contributed by atoms with van der Waals surface area (Å²) in [6.45, 7) is 2.12. The molecular formula is C10H14BrClN2O2S. The molecule has 1 atom stereocenters. The molecule has 0 bridgehead atoms. The minimum atomic E-state index is -3.61. The Morgan fingerprint density at radius 3 is 2.65 bits per heavy atom. The second-order valence-corrected chi connectivity index (χ2v) is 6.54. The molecule has 1 aromatic rings. The molecule has 0 radical (unpaired) electrons. The zero-order valence-corrected chi connectivity index (χ0v) is 12.4. The third kappa shape index (κ3) is 3.93. The maximum atomic E-state index is 12.0. The highest BCUT2D eigenvalue weighted by Crippen LogP contribution is 2.25. The highest BCUT2D eigenvalue weighted by molar-refractivity contribution is 9.10. The molecule has 0 fully saturated rings. The number of nitrogens with two attached hydrogens (primary N) is 1. The number of hydrogen-bond donors (Lipinski definition) is 2. The van der Waals surface area contributed by atoms with Crippen molar-refractivity contribution in [3.8, 4) is 0 Å². The van der Waals surface area contributed by atoms with Crippen molar-refractivity contribution < 1.29 is 8.42 Å². The molecule has 0 spiro atoms. The van der Waals surface area contributed by atoms with Gasteiger partial charge in [0.15, 0.2) is 0 Å². The van der Waals surface area contributed by atoms with Crippen LogP contribution in [0.4, 0.5) is 0 Å². The summed E-state index contributed by atoms with van der Waals surface area (Å²) >= 11 is 9.12. The maximum absolute atomic E-state index is 12.0. The number of benzene rings is 1. The summed E-state index contributed by atoms with van der Waals surface area (Å²) in [5.74, 6) is 0. The summed E-state index contributed by atoms with van der Waals surface area (Å²) in [5, 5.41) is 0.179. The molecule has 0 aliphatic heterocycles. The van der Waals surface area contributed by atoms with E-state index in [4.69, 9.17) is 17.3 Å². The molecule has 0 saturated heterocycles. The van der Waals surface area contributed by atoms with E-state index < -0.39 is 10.0 Å². The predicted octanol–water partition coefficient (Wildman–Crippen LogP) is 2.12. The van der Waals surface area contributed by atoms with Crippen LogP contribution in [0.2, 0.25) is 5.02 Å². The summed E-state index contributed by atoms with van der Waals surface area (Å²) in [7, 11) is -3.61. The Bertz CT molecular complexity index is 489. The largest absolute Gasteiger partial charge is 0.329 e. The fraction of sp³-hybridized carbons (Fsp3) is 0.400. The molecule has 3 N–H and O–H groups in total. The van der Waals surface area contributed by atoms with E-state index in [0.29, 0.717) is 6.42 Å². The number of rotatable bonds is 5. The minimum absolute atomic E-state index is 0.0641. The van der Waals surface area contributed by atoms with Crippen molar-refractivity contribution in [3.63, 3.8) is 0 Å². The predicted molar refractivity (Wildman–Crippen MR) is 72.6 cm³/mol. The number of halogens is 2. The van der Waals surface area contributed by atoms with E-state index in [1.165, 1.54) is 6.07 Å². The van der Waals surface area contributed by atoms with Crippen LogP contribution < -0.4 is 10.5 Å². The first-order valence-corrected chi connectivity index (χ1v) is 7.73. The summed E-state index contributed by atoms with van der Waals surface area (Å²) in [5.41, 5.74) is 5.46. The van der Waals surface area contributed by atoms with Gasteiger partial charge in [-0.05, 0) is 24.6 Å². The van der Waals surface area contributed by atoms with E-state index in [9.17, 15) is 8.42 Å². The van der Waals surface area contributed by atoms with Crippen LogP contribution in [0.5, 0.6) is 0 Å². The van der Waals surface area contributed by atoms with Crippen molar-refractivity contribution >= 4 is 37.6 Å². The molecule has 7 heteroatoms. The van der Waals surface area contributed by atoms with Crippen LogP contribution in [-0.4, -0.2) is 21.0 Å². The molecule has 1 unspecified atom stereocenters. The van der Waals surface area contributed by atoms with Crippen LogP contribution in [0.15, 0.2) is 27.6 Å². The van der Waals surface area contributed by atoms with E-state index in [2.05, 4.69) is 20.7 Å². The fourth-order valence-electron chi connectivity index (χ4n) is 1.27. The molecule has 0 amide bonds. The topological polar surface area (TPSA) is 72.2 Å². The summed E-state index contributed by atoms with van der Waals surface area (Å²) < 4.78 is 27.3. The Kier molecular flexibility index (Phi) is 5.40. The van der Waals surface area contributed by atoms with Gasteiger partial charge in [-0.3, -0.25) is 0 Å². The lowest BCUT2D eigenvalue weighted by Gasteiger charge is -2.15. The zero-order valence-electron chi connectivity index (χ0n) is 9.28. The first-order valence-electron chi connectivity index (χ1n) is 5.08. The van der Waals surface area contributed by atoms with Gasteiger partial charge in [-0.25, -0.2) is 13.1 Å². The van der Waals surface area contributed by atoms with Crippen LogP contribution in [0.1, 0.15) is 13.3 Å². The Balaban J connectivity index is 3.05. The van der Waals surface area contributed by atoms with Crippen molar-refractivity contribution in [1.82, 2.24) is 4.72 Å². The third-order valence-corrected chi connectivity index (χ3v) is 4.78. The van der Waals surface area contributed by atoms with Crippen LogP contribution in [0.3, 0.4) is 0 Å². The molecule has 1 rings (SSSR count). The molecular weight excluding hydrogens is 328 g/mol. The lowest BCUT2D eigenvalue weighted by molar-refractivity contribution is 0.542. The minimum Gasteiger partial charge on any atom is -0.329 e. The highest BCUT2D eigenvalue weighted by Gasteiger charge is 2.20. The standard InChI is InChI=1S/C10H14BrClN2O2S/c1-2-8(6-13)14-17(15,16)10-4-3-7(11)5-9(10)12/h3-5,8,14H,2,6,13H2,1H3. The average molecular weight is 342 g/mol. The van der Waals surface area contributed by atoms with Gasteiger partial charge in [-0.15, -0.1) is 0 Å². The number of nitrogens with one attached hydrogen (secondary N) is 1. The number of sulfonamides is 1. The first-order chi connectivity index (χ1) is 7.90. The summed E-state index contributed by atoms with van der Waals surface area (Å²) in [6, 6.07) is 4.35. The van der Waals surface area contributed by atoms with Crippen molar-refractivity contribution in [2.24, 2.45) is 5.73 Å². The van der Waals surface area contributed by atoms with E-state index in [1.54, 1.807) is 12.1 Å². The van der Waals surface area contributed by atoms with Crippen LogP contribution in [-0.2, 0) is 10.0 Å². The van der Waals surface area contributed by atoms with Crippen molar-refractivity contribution in [2.75, 3.05) is 6.54 Å². The van der Waals surface area contributed by atoms with Crippen molar-refractivity contribution in [2.45, 2.75) is 24.3 Å². The Morgan fingerprint density at radius 1 is 1.53 bits per heavy atom. The summed E-state index contributed by atoms with van der Waals surface area (Å²) in [4.78, 5) is 0.0641. The Morgan fingerprint density at radius 2 is 2.18 bits per heavy atom. The molecule has 0 saturated carbocycles. The lowest BCUT2D eigenvalue weighted by Crippen LogP contribution is -2.39. The van der Waals surface area contributed by atoms with Gasteiger partial charge in [0.05, 0.1) is 5.02 Å². The van der Waals surface area contributed by atoms with E-state index in [0.717, 1.165) is 4.47 Å². The smallest absolute Gasteiger partial charge is 0.242 e. The third-order valence-electron chi connectivity index (χ3n) is 2.28. The molecule has 0 aliphatic rings. The van der Waals surface area contributed by atoms with Crippen LogP contribution >= 0.6 is 27.5 Å². The van der Waals surface area contributed by atoms with Crippen LogP contribution in [0, 0.1) is 0 Å². The SMILES string of the molecule is CCC(CN)NS(=O)(=O)c1ccc(Br)cc1Cl.